The van der Waals surface area contributed by atoms with Gasteiger partial charge in [-0.1, -0.05) is 144 Å². The second-order valence-electron chi connectivity index (χ2n) is 13.7. The van der Waals surface area contributed by atoms with Crippen molar-refractivity contribution in [1.82, 2.24) is 0 Å². The molecule has 0 aliphatic heterocycles. The number of hydrogen-bond donors (Lipinski definition) is 0. The molecular formula is C38H47Cl3OSiTi. The van der Waals surface area contributed by atoms with E-state index in [-0.39, 0.29) is 75.3 Å². The molecule has 0 heterocycles. The van der Waals surface area contributed by atoms with Crippen LogP contribution in [-0.4, -0.2) is 16.6 Å². The number of ether oxygens (including phenoxy) is 1. The molecule has 0 amide bonds. The number of methoxy groups -OCH3 is 1. The molecule has 4 rings (SSSR count). The predicted octanol–water partition coefficient (Wildman–Crippen LogP) is 0.347. The van der Waals surface area contributed by atoms with Crippen molar-refractivity contribution in [3.8, 4) is 16.9 Å². The zero-order valence-corrected chi connectivity index (χ0v) is 33.2. The third-order valence-corrected chi connectivity index (χ3v) is 9.91. The minimum atomic E-state index is 0. The molecule has 0 N–H and O–H groups in total. The van der Waals surface area contributed by atoms with Crippen LogP contribution < -0.4 is 47.1 Å². The van der Waals surface area contributed by atoms with Gasteiger partial charge in [0, 0.05) is 0 Å². The molecule has 44 heavy (non-hydrogen) atoms. The van der Waals surface area contributed by atoms with E-state index in [0.29, 0.717) is 9.52 Å². The Hall–Kier alpha value is -1.39. The van der Waals surface area contributed by atoms with E-state index in [2.05, 4.69) is 137 Å². The van der Waals surface area contributed by atoms with Crippen molar-refractivity contribution >= 4 is 14.7 Å². The van der Waals surface area contributed by atoms with Crippen LogP contribution in [0.1, 0.15) is 97.2 Å². The van der Waals surface area contributed by atoms with Gasteiger partial charge in [0.2, 0.25) is 0 Å². The molecule has 1 nitrogen and oxygen atoms in total. The van der Waals surface area contributed by atoms with Gasteiger partial charge in [-0.3, -0.25) is 0 Å². The first-order valence-electron chi connectivity index (χ1n) is 14.5. The van der Waals surface area contributed by atoms with E-state index in [1.807, 2.05) is 0 Å². The maximum Gasteiger partial charge on any atom is 4.00 e. The van der Waals surface area contributed by atoms with E-state index in [1.54, 1.807) is 7.11 Å². The molecule has 4 aromatic carbocycles. The van der Waals surface area contributed by atoms with E-state index >= 15 is 0 Å². The molecular weight excluding hydrogens is 655 g/mol. The Balaban J connectivity index is 0.00000462. The second-order valence-corrected chi connectivity index (χ2v) is 15.1. The van der Waals surface area contributed by atoms with E-state index < -0.39 is 0 Å². The van der Waals surface area contributed by atoms with E-state index in [9.17, 15) is 0 Å². The Morgan fingerprint density at radius 2 is 1.20 bits per heavy atom. The summed E-state index contributed by atoms with van der Waals surface area (Å²) in [7, 11) is 2.37. The minimum Gasteiger partial charge on any atom is -1.00 e. The summed E-state index contributed by atoms with van der Waals surface area (Å²) < 4.78 is 5.71. The van der Waals surface area contributed by atoms with Crippen molar-refractivity contribution in [3.63, 3.8) is 0 Å². The molecule has 0 saturated heterocycles. The molecule has 0 aromatic heterocycles. The molecule has 0 saturated carbocycles. The average Bonchev–Trinajstić information content (AvgIpc) is 3.09. The van der Waals surface area contributed by atoms with Crippen molar-refractivity contribution < 1.29 is 63.7 Å². The van der Waals surface area contributed by atoms with Crippen LogP contribution in [0.15, 0.2) is 60.7 Å². The summed E-state index contributed by atoms with van der Waals surface area (Å²) in [5.74, 6) is 0.914. The zero-order valence-electron chi connectivity index (χ0n) is 28.4. The van der Waals surface area contributed by atoms with E-state index in [0.717, 1.165) is 5.75 Å². The SMILES string of the molecule is COc1cccc(C([Si]c2cc(C)cc(C)c2)[c-]2c(C)c(C)c(C)c2-c2cc(C(C)(C)C)cc(C(C)(C)C)c2)c1.[Cl-].[Cl-].[Cl-].[Ti+4]. The van der Waals surface area contributed by atoms with E-state index in [1.165, 1.54) is 66.4 Å². The summed E-state index contributed by atoms with van der Waals surface area (Å²) in [6, 6.07) is 23.1. The summed E-state index contributed by atoms with van der Waals surface area (Å²) in [6.45, 7) is 25.3. The first-order chi connectivity index (χ1) is 18.6. The first-order valence-corrected chi connectivity index (χ1v) is 15.6. The van der Waals surface area contributed by atoms with Crippen LogP contribution in [0.5, 0.6) is 5.75 Å². The fraction of sp³-hybridized carbons (Fsp3) is 0.395. The number of benzene rings is 3. The Kier molecular flexibility index (Phi) is 15.9. The van der Waals surface area contributed by atoms with Crippen LogP contribution in [0.4, 0.5) is 0 Å². The van der Waals surface area contributed by atoms with Gasteiger partial charge in [-0.25, -0.2) is 0 Å². The van der Waals surface area contributed by atoms with Crippen LogP contribution in [-0.2, 0) is 32.5 Å². The van der Waals surface area contributed by atoms with Crippen molar-refractivity contribution in [2.75, 3.05) is 7.11 Å². The zero-order chi connectivity index (χ0) is 29.6. The van der Waals surface area contributed by atoms with Crippen molar-refractivity contribution in [3.05, 3.63) is 111 Å². The molecule has 234 valence electrons. The van der Waals surface area contributed by atoms with E-state index in [4.69, 9.17) is 4.74 Å². The minimum absolute atomic E-state index is 0. The average molecular weight is 702 g/mol. The molecule has 0 bridgehead atoms. The van der Waals surface area contributed by atoms with Gasteiger partial charge in [0.25, 0.3) is 0 Å². The third-order valence-electron chi connectivity index (χ3n) is 8.38. The quantitative estimate of drug-likeness (QED) is 0.209. The molecule has 6 heteroatoms. The molecule has 0 spiro atoms. The predicted molar refractivity (Wildman–Crippen MR) is 175 cm³/mol. The fourth-order valence-electron chi connectivity index (χ4n) is 5.80. The molecule has 2 radical (unpaired) electrons. The Morgan fingerprint density at radius 3 is 1.68 bits per heavy atom. The van der Waals surface area contributed by atoms with Gasteiger partial charge in [-0.2, -0.15) is 11.1 Å². The summed E-state index contributed by atoms with van der Waals surface area (Å²) in [6.07, 6.45) is 0. The van der Waals surface area contributed by atoms with Gasteiger partial charge in [0.05, 0.1) is 16.6 Å². The smallest absolute Gasteiger partial charge is 1.00 e. The van der Waals surface area contributed by atoms with Gasteiger partial charge in [-0.05, 0) is 47.9 Å². The number of halogens is 3. The number of aryl methyl sites for hydroxylation is 2. The fourth-order valence-corrected chi connectivity index (χ4v) is 7.61. The van der Waals surface area contributed by atoms with Crippen molar-refractivity contribution in [2.24, 2.45) is 0 Å². The summed E-state index contributed by atoms with van der Waals surface area (Å²) in [5, 5.41) is 1.41. The summed E-state index contributed by atoms with van der Waals surface area (Å²) in [5.41, 5.74) is 15.6. The molecule has 0 fully saturated rings. The van der Waals surface area contributed by atoms with Gasteiger partial charge in [0.15, 0.2) is 0 Å². The molecule has 0 aliphatic rings. The maximum absolute atomic E-state index is 5.71. The summed E-state index contributed by atoms with van der Waals surface area (Å²) >= 11 is 0. The van der Waals surface area contributed by atoms with Crippen LogP contribution in [0.25, 0.3) is 11.1 Å². The Morgan fingerprint density at radius 1 is 0.682 bits per heavy atom. The first kappa shape index (κ1) is 42.6. The number of hydrogen-bond acceptors (Lipinski definition) is 1. The van der Waals surface area contributed by atoms with Crippen molar-refractivity contribution in [2.45, 2.75) is 92.5 Å². The Labute approximate surface area is 303 Å². The Bertz CT molecular complexity index is 1490. The van der Waals surface area contributed by atoms with Crippen LogP contribution in [0.3, 0.4) is 0 Å². The second kappa shape index (κ2) is 16.4. The van der Waals surface area contributed by atoms with Gasteiger partial charge in [-0.15, -0.1) is 16.7 Å². The van der Waals surface area contributed by atoms with Crippen molar-refractivity contribution in [1.29, 1.82) is 0 Å². The van der Waals surface area contributed by atoms with Gasteiger partial charge >= 0.3 is 21.7 Å². The van der Waals surface area contributed by atoms with Gasteiger partial charge < -0.3 is 42.0 Å². The molecule has 0 aliphatic carbocycles. The monoisotopic (exact) mass is 700 g/mol. The largest absolute Gasteiger partial charge is 4.00 e. The summed E-state index contributed by atoms with van der Waals surface area (Å²) in [4.78, 5) is 0. The number of rotatable bonds is 6. The van der Waals surface area contributed by atoms with Gasteiger partial charge in [0.1, 0.15) is 5.75 Å². The normalized spacial score (nSPS) is 11.8. The van der Waals surface area contributed by atoms with Crippen LogP contribution >= 0.6 is 0 Å². The topological polar surface area (TPSA) is 9.23 Å². The molecule has 4 aromatic rings. The van der Waals surface area contributed by atoms with Crippen LogP contribution in [0, 0.1) is 34.6 Å². The molecule has 1 unspecified atom stereocenters. The maximum atomic E-state index is 5.71. The van der Waals surface area contributed by atoms with Crippen LogP contribution in [0.2, 0.25) is 0 Å². The third kappa shape index (κ3) is 9.34. The molecule has 1 atom stereocenters. The standard InChI is InChI=1S/C38H47OSi.3ClH.Ti/c1-23-16-24(2)18-33(17-23)40-36(28-14-13-15-32(21-28)39-12)35-27(5)25(3)26(4)34(35)29-19-30(37(6,7)8)22-31(20-29)38(9,10)11;;;;/h13-22,36H,1-12H3;3*1H;/q-1;;;;+4/p-3.